The van der Waals surface area contributed by atoms with Gasteiger partial charge in [0.05, 0.1) is 5.69 Å². The fourth-order valence-corrected chi connectivity index (χ4v) is 1.89. The van der Waals surface area contributed by atoms with E-state index in [2.05, 4.69) is 15.6 Å². The van der Waals surface area contributed by atoms with Crippen LogP contribution in [0.2, 0.25) is 0 Å². The number of aromatic nitrogens is 3. The zero-order chi connectivity index (χ0) is 16.1. The molecule has 2 heterocycles. The number of nitrogens with one attached hydrogen (secondary N) is 2. The number of amides is 1. The number of nitrogens with zero attached hydrogens (tertiary/aromatic N) is 3. The van der Waals surface area contributed by atoms with Gasteiger partial charge in [0.15, 0.2) is 0 Å². The van der Waals surface area contributed by atoms with Gasteiger partial charge in [0.1, 0.15) is 5.69 Å². The molecule has 0 aromatic carbocycles. The molecular formula is C14H17N5O3. The van der Waals surface area contributed by atoms with E-state index in [-0.39, 0.29) is 5.69 Å². The summed E-state index contributed by atoms with van der Waals surface area (Å²) in [5.41, 5.74) is -0.167. The van der Waals surface area contributed by atoms with Crippen LogP contribution in [0.5, 0.6) is 0 Å². The first kappa shape index (κ1) is 15.5. The van der Waals surface area contributed by atoms with E-state index in [9.17, 15) is 14.4 Å². The third-order valence-electron chi connectivity index (χ3n) is 3.16. The average molecular weight is 303 g/mol. The minimum Gasteiger partial charge on any atom is -0.382 e. The minimum atomic E-state index is -0.536. The van der Waals surface area contributed by atoms with Crippen molar-refractivity contribution in [3.05, 3.63) is 57.1 Å². The molecule has 0 radical (unpaired) electrons. The Bertz CT molecular complexity index is 779. The number of pyridine rings is 1. The summed E-state index contributed by atoms with van der Waals surface area (Å²) < 4.78 is 2.09. The first-order valence-corrected chi connectivity index (χ1v) is 6.70. The van der Waals surface area contributed by atoms with Gasteiger partial charge < -0.3 is 10.6 Å². The van der Waals surface area contributed by atoms with Gasteiger partial charge in [0.2, 0.25) is 0 Å². The van der Waals surface area contributed by atoms with Crippen LogP contribution in [0.25, 0.3) is 0 Å². The molecule has 0 spiro atoms. The van der Waals surface area contributed by atoms with E-state index in [1.54, 1.807) is 18.5 Å². The second kappa shape index (κ2) is 6.70. The second-order valence-electron chi connectivity index (χ2n) is 4.69. The smallest absolute Gasteiger partial charge is 0.331 e. The van der Waals surface area contributed by atoms with Crippen molar-refractivity contribution >= 4 is 11.6 Å². The Balaban J connectivity index is 1.96. The average Bonchev–Trinajstić information content (AvgIpc) is 2.53. The van der Waals surface area contributed by atoms with Crippen molar-refractivity contribution < 1.29 is 4.79 Å². The molecule has 0 aliphatic carbocycles. The number of hydrogen-bond donors (Lipinski definition) is 2. The molecule has 0 aliphatic rings. The third kappa shape index (κ3) is 3.40. The van der Waals surface area contributed by atoms with E-state index in [1.165, 1.54) is 14.1 Å². The van der Waals surface area contributed by atoms with Gasteiger partial charge in [-0.05, 0) is 12.1 Å². The maximum absolute atomic E-state index is 12.0. The summed E-state index contributed by atoms with van der Waals surface area (Å²) in [6.45, 7) is 0.841. The normalized spacial score (nSPS) is 10.3. The summed E-state index contributed by atoms with van der Waals surface area (Å²) in [6, 6.07) is 4.81. The summed E-state index contributed by atoms with van der Waals surface area (Å²) in [4.78, 5) is 39.3. The van der Waals surface area contributed by atoms with Crippen molar-refractivity contribution in [2.24, 2.45) is 14.1 Å². The monoisotopic (exact) mass is 303 g/mol. The predicted octanol–water partition coefficient (Wildman–Crippen LogP) is -0.679. The van der Waals surface area contributed by atoms with Crippen molar-refractivity contribution in [2.75, 3.05) is 18.4 Å². The van der Waals surface area contributed by atoms with Crippen LogP contribution in [-0.4, -0.2) is 33.1 Å². The standard InChI is InChI=1S/C14H17N5O3/c1-18-11(8-12(20)19(2)14(18)22)13(21)17-7-6-16-10-4-3-5-15-9-10/h3-5,8-9,16H,6-7H2,1-2H3,(H,17,21). The number of rotatable bonds is 5. The molecule has 0 aliphatic heterocycles. The van der Waals surface area contributed by atoms with Gasteiger partial charge in [-0.2, -0.15) is 0 Å². The van der Waals surface area contributed by atoms with Crippen LogP contribution in [0.4, 0.5) is 5.69 Å². The Morgan fingerprint density at radius 2 is 2.00 bits per heavy atom. The lowest BCUT2D eigenvalue weighted by Crippen LogP contribution is -2.41. The molecule has 0 bridgehead atoms. The van der Waals surface area contributed by atoms with Gasteiger partial charge in [0.25, 0.3) is 11.5 Å². The molecule has 0 fully saturated rings. The van der Waals surface area contributed by atoms with Crippen molar-refractivity contribution in [1.29, 1.82) is 0 Å². The van der Waals surface area contributed by atoms with Crippen LogP contribution in [0.3, 0.4) is 0 Å². The van der Waals surface area contributed by atoms with E-state index >= 15 is 0 Å². The van der Waals surface area contributed by atoms with Crippen LogP contribution in [-0.2, 0) is 14.1 Å². The van der Waals surface area contributed by atoms with E-state index in [0.717, 1.165) is 20.9 Å². The maximum Gasteiger partial charge on any atom is 0.331 e. The third-order valence-corrected chi connectivity index (χ3v) is 3.16. The molecule has 8 heteroatoms. The molecule has 22 heavy (non-hydrogen) atoms. The lowest BCUT2D eigenvalue weighted by Gasteiger charge is -2.10. The topological polar surface area (TPSA) is 98.0 Å². The van der Waals surface area contributed by atoms with E-state index < -0.39 is 17.2 Å². The molecule has 116 valence electrons. The number of carbonyl (C=O) groups excluding carboxylic acids is 1. The summed E-state index contributed by atoms with van der Waals surface area (Å²) >= 11 is 0. The van der Waals surface area contributed by atoms with Crippen LogP contribution < -0.4 is 21.9 Å². The molecule has 0 unspecified atom stereocenters. The van der Waals surface area contributed by atoms with Crippen LogP contribution in [0, 0.1) is 0 Å². The summed E-state index contributed by atoms with van der Waals surface area (Å²) in [5, 5.41) is 5.74. The zero-order valence-corrected chi connectivity index (χ0v) is 12.4. The first-order valence-electron chi connectivity index (χ1n) is 6.70. The molecule has 8 nitrogen and oxygen atoms in total. The Labute approximate surface area is 126 Å². The molecule has 0 atom stereocenters. The van der Waals surface area contributed by atoms with Gasteiger partial charge >= 0.3 is 5.69 Å². The highest BCUT2D eigenvalue weighted by atomic mass is 16.2. The molecule has 0 saturated heterocycles. The Morgan fingerprint density at radius 3 is 2.68 bits per heavy atom. The molecule has 2 aromatic heterocycles. The van der Waals surface area contributed by atoms with E-state index in [4.69, 9.17) is 0 Å². The first-order chi connectivity index (χ1) is 10.5. The molecule has 2 rings (SSSR count). The van der Waals surface area contributed by atoms with Crippen molar-refractivity contribution in [2.45, 2.75) is 0 Å². The van der Waals surface area contributed by atoms with Gasteiger partial charge in [-0.15, -0.1) is 0 Å². The molecular weight excluding hydrogens is 286 g/mol. The fourth-order valence-electron chi connectivity index (χ4n) is 1.89. The van der Waals surface area contributed by atoms with Crippen LogP contribution >= 0.6 is 0 Å². The Kier molecular flexibility index (Phi) is 4.72. The van der Waals surface area contributed by atoms with Crippen LogP contribution in [0.1, 0.15) is 10.5 Å². The highest BCUT2D eigenvalue weighted by Crippen LogP contribution is 2.00. The van der Waals surface area contributed by atoms with Crippen molar-refractivity contribution in [1.82, 2.24) is 19.4 Å². The van der Waals surface area contributed by atoms with Gasteiger partial charge in [-0.1, -0.05) is 0 Å². The lowest BCUT2D eigenvalue weighted by atomic mass is 10.3. The Morgan fingerprint density at radius 1 is 1.23 bits per heavy atom. The molecule has 1 amide bonds. The summed E-state index contributed by atoms with van der Waals surface area (Å²) in [7, 11) is 2.81. The number of hydrogen-bond acceptors (Lipinski definition) is 5. The molecule has 0 saturated carbocycles. The van der Waals surface area contributed by atoms with E-state index in [0.29, 0.717) is 13.1 Å². The zero-order valence-electron chi connectivity index (χ0n) is 12.4. The quantitative estimate of drug-likeness (QED) is 0.713. The predicted molar refractivity (Wildman–Crippen MR) is 82.0 cm³/mol. The number of anilines is 1. The summed E-state index contributed by atoms with van der Waals surface area (Å²) in [6.07, 6.45) is 3.34. The minimum absolute atomic E-state index is 0.0366. The number of carbonyl (C=O) groups is 1. The van der Waals surface area contributed by atoms with Crippen molar-refractivity contribution in [3.8, 4) is 0 Å². The van der Waals surface area contributed by atoms with Crippen molar-refractivity contribution in [3.63, 3.8) is 0 Å². The van der Waals surface area contributed by atoms with Gasteiger partial charge in [-0.25, -0.2) is 4.79 Å². The highest BCUT2D eigenvalue weighted by Gasteiger charge is 2.12. The second-order valence-corrected chi connectivity index (χ2v) is 4.69. The molecule has 2 N–H and O–H groups in total. The Hall–Kier alpha value is -2.90. The fraction of sp³-hybridized carbons (Fsp3) is 0.286. The maximum atomic E-state index is 12.0. The summed E-state index contributed by atoms with van der Waals surface area (Å²) in [5.74, 6) is -0.467. The van der Waals surface area contributed by atoms with Crippen LogP contribution in [0.15, 0.2) is 40.2 Å². The lowest BCUT2D eigenvalue weighted by molar-refractivity contribution is 0.0945. The highest BCUT2D eigenvalue weighted by molar-refractivity contribution is 5.92. The largest absolute Gasteiger partial charge is 0.382 e. The van der Waals surface area contributed by atoms with E-state index in [1.807, 2.05) is 6.07 Å². The molecule has 2 aromatic rings. The SMILES string of the molecule is Cn1c(C(=O)NCCNc2cccnc2)cc(=O)n(C)c1=O. The van der Waals surface area contributed by atoms with Gasteiger partial charge in [-0.3, -0.25) is 23.7 Å². The van der Waals surface area contributed by atoms with Gasteiger partial charge in [0, 0.05) is 45.6 Å².